The van der Waals surface area contributed by atoms with Crippen LogP contribution in [0.15, 0.2) is 0 Å². The Kier molecular flexibility index (Phi) is 2.65. The first-order chi connectivity index (χ1) is 4.72. The van der Waals surface area contributed by atoms with Gasteiger partial charge in [0.25, 0.3) is 0 Å². The van der Waals surface area contributed by atoms with Crippen LogP contribution in [0.25, 0.3) is 0 Å². The Morgan fingerprint density at radius 1 is 1.50 bits per heavy atom. The molecule has 1 rings (SSSR count). The molecule has 3 heteroatoms. The van der Waals surface area contributed by atoms with Gasteiger partial charge >= 0.3 is 0 Å². The fourth-order valence-electron chi connectivity index (χ4n) is 1.31. The van der Waals surface area contributed by atoms with E-state index in [9.17, 15) is 0 Å². The van der Waals surface area contributed by atoms with Gasteiger partial charge in [0.15, 0.2) is 0 Å². The number of morpholine rings is 1. The summed E-state index contributed by atoms with van der Waals surface area (Å²) in [4.78, 5) is 2.14. The molecule has 0 saturated carbocycles. The van der Waals surface area contributed by atoms with Gasteiger partial charge in [0.1, 0.15) is 0 Å². The van der Waals surface area contributed by atoms with Crippen LogP contribution in [0.3, 0.4) is 0 Å². The number of ether oxygens (including phenoxy) is 1. The third-order valence-corrected chi connectivity index (χ3v) is 1.84. The minimum Gasteiger partial charge on any atom is -0.374 e. The second-order valence-electron chi connectivity index (χ2n) is 2.94. The molecule has 1 fully saturated rings. The average Bonchev–Trinajstić information content (AvgIpc) is 1.88. The molecule has 1 aliphatic rings. The third-order valence-electron chi connectivity index (χ3n) is 1.84. The van der Waals surface area contributed by atoms with E-state index < -0.39 is 0 Å². The molecule has 1 heterocycles. The summed E-state index contributed by atoms with van der Waals surface area (Å²) < 4.78 is 5.45. The zero-order chi connectivity index (χ0) is 7.56. The molecule has 0 amide bonds. The van der Waals surface area contributed by atoms with Crippen molar-refractivity contribution in [2.24, 2.45) is 0 Å². The molecule has 0 bridgehead atoms. The largest absolute Gasteiger partial charge is 0.374 e. The van der Waals surface area contributed by atoms with E-state index in [-0.39, 0.29) is 0 Å². The van der Waals surface area contributed by atoms with Gasteiger partial charge in [0.2, 0.25) is 0 Å². The molecule has 10 heavy (non-hydrogen) atoms. The predicted molar refractivity (Wildman–Crippen MR) is 40.9 cm³/mol. The molecule has 0 spiro atoms. The van der Waals surface area contributed by atoms with Crippen LogP contribution in [0, 0.1) is 0 Å². The molecule has 1 aliphatic heterocycles. The maximum atomic E-state index is 5.45. The minimum atomic E-state index is 0.309. The van der Waals surface area contributed by atoms with Crippen molar-refractivity contribution in [1.82, 2.24) is 10.2 Å². The highest BCUT2D eigenvalue weighted by atomic mass is 16.5. The van der Waals surface area contributed by atoms with Crippen LogP contribution in [0.5, 0.6) is 0 Å². The molecular weight excluding hydrogens is 128 g/mol. The quantitative estimate of drug-likeness (QED) is 0.555. The lowest BCUT2D eigenvalue weighted by atomic mass is 10.2. The smallest absolute Gasteiger partial charge is 0.0860 e. The van der Waals surface area contributed by atoms with Crippen molar-refractivity contribution in [1.29, 1.82) is 0 Å². The SMILES string of the molecule is CC1OCCNC1N(C)C. The van der Waals surface area contributed by atoms with Crippen LogP contribution in [0.4, 0.5) is 0 Å². The van der Waals surface area contributed by atoms with E-state index in [1.165, 1.54) is 0 Å². The standard InChI is InChI=1S/C7H16N2O/c1-6-7(9(2)3)8-4-5-10-6/h6-8H,4-5H2,1-3H3. The Balaban J connectivity index is 2.40. The van der Waals surface area contributed by atoms with Gasteiger partial charge in [-0.2, -0.15) is 0 Å². The molecule has 1 N–H and O–H groups in total. The van der Waals surface area contributed by atoms with Crippen LogP contribution in [-0.2, 0) is 4.74 Å². The number of nitrogens with one attached hydrogen (secondary N) is 1. The van der Waals surface area contributed by atoms with Gasteiger partial charge in [-0.25, -0.2) is 0 Å². The zero-order valence-corrected chi connectivity index (χ0v) is 6.92. The van der Waals surface area contributed by atoms with E-state index >= 15 is 0 Å². The summed E-state index contributed by atoms with van der Waals surface area (Å²) in [5, 5.41) is 3.37. The van der Waals surface area contributed by atoms with Crippen molar-refractivity contribution in [2.75, 3.05) is 27.2 Å². The lowest BCUT2D eigenvalue weighted by molar-refractivity contribution is -0.0340. The number of rotatable bonds is 1. The van der Waals surface area contributed by atoms with Crippen molar-refractivity contribution in [2.45, 2.75) is 19.2 Å². The van der Waals surface area contributed by atoms with Crippen LogP contribution in [0.1, 0.15) is 6.92 Å². The van der Waals surface area contributed by atoms with Gasteiger partial charge in [0.05, 0.1) is 18.9 Å². The molecule has 2 atom stereocenters. The van der Waals surface area contributed by atoms with E-state index in [0.29, 0.717) is 12.3 Å². The molecule has 0 radical (unpaired) electrons. The summed E-state index contributed by atoms with van der Waals surface area (Å²) in [5.74, 6) is 0. The monoisotopic (exact) mass is 144 g/mol. The van der Waals surface area contributed by atoms with Crippen LogP contribution < -0.4 is 5.32 Å². The number of hydrogen-bond acceptors (Lipinski definition) is 3. The Labute approximate surface area is 62.3 Å². The van der Waals surface area contributed by atoms with E-state index in [2.05, 4.69) is 31.2 Å². The van der Waals surface area contributed by atoms with Gasteiger partial charge in [-0.15, -0.1) is 0 Å². The highest BCUT2D eigenvalue weighted by Crippen LogP contribution is 2.04. The van der Waals surface area contributed by atoms with Crippen molar-refractivity contribution >= 4 is 0 Å². The minimum absolute atomic E-state index is 0.309. The second-order valence-corrected chi connectivity index (χ2v) is 2.94. The summed E-state index contributed by atoms with van der Waals surface area (Å²) in [6, 6.07) is 0. The fourth-order valence-corrected chi connectivity index (χ4v) is 1.31. The van der Waals surface area contributed by atoms with Crippen LogP contribution >= 0.6 is 0 Å². The first-order valence-corrected chi connectivity index (χ1v) is 3.73. The van der Waals surface area contributed by atoms with E-state index in [1.54, 1.807) is 0 Å². The summed E-state index contributed by atoms with van der Waals surface area (Å²) >= 11 is 0. The van der Waals surface area contributed by atoms with E-state index in [4.69, 9.17) is 4.74 Å². The second kappa shape index (κ2) is 3.32. The first kappa shape index (κ1) is 7.98. The molecule has 3 nitrogen and oxygen atoms in total. The Morgan fingerprint density at radius 3 is 2.60 bits per heavy atom. The van der Waals surface area contributed by atoms with Gasteiger partial charge < -0.3 is 4.74 Å². The summed E-state index contributed by atoms with van der Waals surface area (Å²) in [6.45, 7) is 3.90. The predicted octanol–water partition coefficient (Wildman–Crippen LogP) is -0.118. The number of nitrogens with zero attached hydrogens (tertiary/aromatic N) is 1. The highest BCUT2D eigenvalue weighted by Gasteiger charge is 2.22. The first-order valence-electron chi connectivity index (χ1n) is 3.73. The van der Waals surface area contributed by atoms with Crippen molar-refractivity contribution in [3.63, 3.8) is 0 Å². The molecule has 2 unspecified atom stereocenters. The molecule has 1 saturated heterocycles. The molecule has 60 valence electrons. The molecular formula is C7H16N2O. The van der Waals surface area contributed by atoms with Gasteiger partial charge in [-0.05, 0) is 21.0 Å². The Bertz CT molecular complexity index is 106. The summed E-state index contributed by atoms with van der Waals surface area (Å²) in [5.41, 5.74) is 0. The van der Waals surface area contributed by atoms with Gasteiger partial charge in [0, 0.05) is 6.54 Å². The third kappa shape index (κ3) is 1.68. The molecule has 0 aromatic carbocycles. The topological polar surface area (TPSA) is 24.5 Å². The Hall–Kier alpha value is -0.120. The number of hydrogen-bond donors (Lipinski definition) is 1. The lowest BCUT2D eigenvalue weighted by Gasteiger charge is -2.34. The highest BCUT2D eigenvalue weighted by molar-refractivity contribution is 4.74. The van der Waals surface area contributed by atoms with E-state index in [1.807, 2.05) is 0 Å². The van der Waals surface area contributed by atoms with Crippen molar-refractivity contribution < 1.29 is 4.74 Å². The Morgan fingerprint density at radius 2 is 2.20 bits per heavy atom. The maximum absolute atomic E-state index is 5.45. The maximum Gasteiger partial charge on any atom is 0.0860 e. The van der Waals surface area contributed by atoms with Crippen molar-refractivity contribution in [3.05, 3.63) is 0 Å². The fraction of sp³-hybridized carbons (Fsp3) is 1.00. The van der Waals surface area contributed by atoms with Crippen LogP contribution in [0.2, 0.25) is 0 Å². The normalized spacial score (nSPS) is 34.8. The lowest BCUT2D eigenvalue weighted by Crippen LogP contribution is -2.54. The molecule has 0 aliphatic carbocycles. The molecule has 0 aromatic heterocycles. The van der Waals surface area contributed by atoms with Gasteiger partial charge in [-0.3, -0.25) is 10.2 Å². The summed E-state index contributed by atoms with van der Waals surface area (Å²) in [7, 11) is 4.12. The van der Waals surface area contributed by atoms with Crippen molar-refractivity contribution in [3.8, 4) is 0 Å². The summed E-state index contributed by atoms with van der Waals surface area (Å²) in [6.07, 6.45) is 0.692. The molecule has 0 aromatic rings. The van der Waals surface area contributed by atoms with E-state index in [0.717, 1.165) is 13.2 Å². The zero-order valence-electron chi connectivity index (χ0n) is 6.92. The average molecular weight is 144 g/mol. The van der Waals surface area contributed by atoms with Gasteiger partial charge in [-0.1, -0.05) is 0 Å². The van der Waals surface area contributed by atoms with Crippen LogP contribution in [-0.4, -0.2) is 44.4 Å². The number of likely N-dealkylation sites (N-methyl/N-ethyl adjacent to an activating group) is 1.